The van der Waals surface area contributed by atoms with Crippen molar-refractivity contribution in [2.24, 2.45) is 0 Å². The van der Waals surface area contributed by atoms with Crippen LogP contribution < -0.4 is 15.0 Å². The van der Waals surface area contributed by atoms with Crippen LogP contribution in [0.2, 0.25) is 0 Å². The molecule has 1 atom stereocenters. The molecular formula is C31H41N5O4. The zero-order chi connectivity index (χ0) is 28.1. The van der Waals surface area contributed by atoms with Crippen LogP contribution >= 0.6 is 0 Å². The molecule has 2 aliphatic rings. The number of ether oxygens (including phenoxy) is 1. The number of nitrogens with zero attached hydrogens (tertiary/aromatic N) is 4. The van der Waals surface area contributed by atoms with E-state index in [1.165, 1.54) is 23.9 Å². The molecular weight excluding hydrogens is 506 g/mol. The van der Waals surface area contributed by atoms with Crippen LogP contribution in [0.1, 0.15) is 72.0 Å². The largest absolute Gasteiger partial charge is 0.486 e. The molecule has 3 aromatic rings. The van der Waals surface area contributed by atoms with E-state index in [2.05, 4.69) is 34.3 Å². The molecule has 214 valence electrons. The highest BCUT2D eigenvalue weighted by Crippen LogP contribution is 2.27. The minimum Gasteiger partial charge on any atom is -0.486 e. The van der Waals surface area contributed by atoms with Crippen molar-refractivity contribution < 1.29 is 19.1 Å². The van der Waals surface area contributed by atoms with Gasteiger partial charge in [0.1, 0.15) is 24.0 Å². The van der Waals surface area contributed by atoms with Crippen LogP contribution in [0.25, 0.3) is 0 Å². The number of ketones is 1. The summed E-state index contributed by atoms with van der Waals surface area (Å²) in [6.45, 7) is 7.31. The Balaban J connectivity index is 1.12. The van der Waals surface area contributed by atoms with Crippen LogP contribution in [0.5, 0.6) is 5.75 Å². The van der Waals surface area contributed by atoms with Crippen molar-refractivity contribution in [2.45, 2.75) is 77.7 Å². The van der Waals surface area contributed by atoms with Crippen molar-refractivity contribution in [2.75, 3.05) is 36.9 Å². The number of Topliss-reactive ketones (excluding diaryl/α,β-unsaturated/α-hetero) is 1. The Morgan fingerprint density at radius 1 is 1.27 bits per heavy atom. The number of hydrogen-bond acceptors (Lipinski definition) is 9. The summed E-state index contributed by atoms with van der Waals surface area (Å²) in [6, 6.07) is 10.4. The van der Waals surface area contributed by atoms with Crippen LogP contribution in [0.3, 0.4) is 0 Å². The standard InChI is InChI=1S/C31H41N5O4/c1-4-35(3)31-16-24(15-30(34-31)33-25-6-5-7-25)28(38)11-9-26(37)18-36-13-12-22-14-27(10-8-23(22)17-36)39-19-29-21(2)32-20-40-29/h8,10,14-16,20,25-26,37H,4-7,9,11-13,17-19H2,1-3H3,(H,33,34)/t26-/m0/s1. The van der Waals surface area contributed by atoms with Crippen LogP contribution in [0, 0.1) is 6.92 Å². The first-order chi connectivity index (χ1) is 19.4. The van der Waals surface area contributed by atoms with Gasteiger partial charge in [-0.15, -0.1) is 0 Å². The molecule has 0 bridgehead atoms. The van der Waals surface area contributed by atoms with Gasteiger partial charge in [-0.1, -0.05) is 6.07 Å². The van der Waals surface area contributed by atoms with Crippen molar-refractivity contribution in [1.82, 2.24) is 14.9 Å². The smallest absolute Gasteiger partial charge is 0.181 e. The monoisotopic (exact) mass is 547 g/mol. The van der Waals surface area contributed by atoms with E-state index in [1.54, 1.807) is 0 Å². The predicted molar refractivity (Wildman–Crippen MR) is 155 cm³/mol. The topological polar surface area (TPSA) is 104 Å². The number of carbonyl (C=O) groups is 1. The van der Waals surface area contributed by atoms with Crippen molar-refractivity contribution in [1.29, 1.82) is 0 Å². The Morgan fingerprint density at radius 2 is 2.12 bits per heavy atom. The lowest BCUT2D eigenvalue weighted by molar-refractivity contribution is 0.0836. The number of β-amino-alcohol motifs (C(OH)–C–C–N with tert-alkyl or cyclic N) is 1. The number of carbonyl (C=O) groups excluding carboxylic acids is 1. The lowest BCUT2D eigenvalue weighted by atomic mass is 9.93. The SMILES string of the molecule is CCN(C)c1cc(C(=O)CC[C@H](O)CN2CCc3cc(OCc4ocnc4C)ccc3C2)cc(NC2CCC2)n1. The zero-order valence-corrected chi connectivity index (χ0v) is 23.9. The number of benzene rings is 1. The third-order valence-electron chi connectivity index (χ3n) is 8.11. The normalized spacial score (nSPS) is 16.2. The Morgan fingerprint density at radius 3 is 2.85 bits per heavy atom. The number of oxazole rings is 1. The lowest BCUT2D eigenvalue weighted by Gasteiger charge is -2.30. The Labute approximate surface area is 236 Å². The highest BCUT2D eigenvalue weighted by molar-refractivity contribution is 5.97. The number of hydrogen-bond donors (Lipinski definition) is 2. The molecule has 1 aliphatic carbocycles. The van der Waals surface area contributed by atoms with Gasteiger partial charge in [0.15, 0.2) is 17.9 Å². The Kier molecular flexibility index (Phi) is 9.01. The number of aliphatic hydroxyl groups excluding tert-OH is 1. The van der Waals surface area contributed by atoms with Gasteiger partial charge in [0, 0.05) is 51.3 Å². The van der Waals surface area contributed by atoms with E-state index in [1.807, 2.05) is 37.1 Å². The van der Waals surface area contributed by atoms with Gasteiger partial charge in [0.2, 0.25) is 0 Å². The van der Waals surface area contributed by atoms with Crippen molar-refractivity contribution >= 4 is 17.4 Å². The van der Waals surface area contributed by atoms with Gasteiger partial charge in [0.05, 0.1) is 11.8 Å². The van der Waals surface area contributed by atoms with Gasteiger partial charge >= 0.3 is 0 Å². The molecule has 9 heteroatoms. The van der Waals surface area contributed by atoms with Gasteiger partial charge in [0.25, 0.3) is 0 Å². The molecule has 3 heterocycles. The van der Waals surface area contributed by atoms with E-state index in [-0.39, 0.29) is 5.78 Å². The number of anilines is 2. The maximum absolute atomic E-state index is 13.1. The molecule has 1 fully saturated rings. The summed E-state index contributed by atoms with van der Waals surface area (Å²) in [5.74, 6) is 3.15. The first-order valence-electron chi connectivity index (χ1n) is 14.4. The molecule has 0 radical (unpaired) electrons. The summed E-state index contributed by atoms with van der Waals surface area (Å²) in [4.78, 5) is 26.3. The highest BCUT2D eigenvalue weighted by atomic mass is 16.5. The number of rotatable bonds is 13. The number of fused-ring (bicyclic) bond motifs is 1. The van der Waals surface area contributed by atoms with E-state index >= 15 is 0 Å². The highest BCUT2D eigenvalue weighted by Gasteiger charge is 2.22. The van der Waals surface area contributed by atoms with E-state index in [0.29, 0.717) is 37.6 Å². The first kappa shape index (κ1) is 28.1. The van der Waals surface area contributed by atoms with Crippen LogP contribution in [-0.4, -0.2) is 64.6 Å². The molecule has 1 aliphatic heterocycles. The average molecular weight is 548 g/mol. The fourth-order valence-electron chi connectivity index (χ4n) is 5.15. The molecule has 2 N–H and O–H groups in total. The van der Waals surface area contributed by atoms with Crippen LogP contribution in [-0.2, 0) is 19.6 Å². The summed E-state index contributed by atoms with van der Waals surface area (Å²) in [5, 5.41) is 14.3. The van der Waals surface area contributed by atoms with E-state index in [4.69, 9.17) is 14.1 Å². The first-order valence-corrected chi connectivity index (χ1v) is 14.4. The molecule has 40 heavy (non-hydrogen) atoms. The molecule has 5 rings (SSSR count). The second-order valence-corrected chi connectivity index (χ2v) is 11.1. The van der Waals surface area contributed by atoms with Crippen LogP contribution in [0.4, 0.5) is 11.6 Å². The van der Waals surface area contributed by atoms with E-state index in [9.17, 15) is 9.90 Å². The number of aromatic nitrogens is 2. The van der Waals surface area contributed by atoms with Crippen LogP contribution in [0.15, 0.2) is 41.1 Å². The van der Waals surface area contributed by atoms with Crippen molar-refractivity contribution in [3.05, 3.63) is 64.9 Å². The van der Waals surface area contributed by atoms with E-state index < -0.39 is 6.10 Å². The zero-order valence-electron chi connectivity index (χ0n) is 23.9. The molecule has 9 nitrogen and oxygen atoms in total. The Hall–Kier alpha value is -3.43. The third-order valence-corrected chi connectivity index (χ3v) is 8.11. The molecule has 1 aromatic carbocycles. The molecule has 0 unspecified atom stereocenters. The average Bonchev–Trinajstić information content (AvgIpc) is 3.36. The van der Waals surface area contributed by atoms with Gasteiger partial charge in [-0.3, -0.25) is 9.69 Å². The third kappa shape index (κ3) is 7.01. The Bertz CT molecular complexity index is 1300. The summed E-state index contributed by atoms with van der Waals surface area (Å²) in [6.07, 6.45) is 6.02. The van der Waals surface area contributed by atoms with Crippen molar-refractivity contribution in [3.63, 3.8) is 0 Å². The summed E-state index contributed by atoms with van der Waals surface area (Å²) in [7, 11) is 1.98. The molecule has 0 spiro atoms. The quantitative estimate of drug-likeness (QED) is 0.293. The minimum atomic E-state index is -0.564. The second kappa shape index (κ2) is 12.8. The fourth-order valence-corrected chi connectivity index (χ4v) is 5.15. The second-order valence-electron chi connectivity index (χ2n) is 11.1. The van der Waals surface area contributed by atoms with E-state index in [0.717, 1.165) is 67.7 Å². The lowest BCUT2D eigenvalue weighted by Crippen LogP contribution is -2.36. The predicted octanol–water partition coefficient (Wildman–Crippen LogP) is 4.76. The number of aryl methyl sites for hydroxylation is 1. The molecule has 0 saturated heterocycles. The fraction of sp³-hybridized carbons (Fsp3) is 0.516. The maximum Gasteiger partial charge on any atom is 0.181 e. The summed E-state index contributed by atoms with van der Waals surface area (Å²) < 4.78 is 11.3. The van der Waals surface area contributed by atoms with Gasteiger partial charge in [-0.25, -0.2) is 9.97 Å². The molecule has 1 saturated carbocycles. The van der Waals surface area contributed by atoms with Crippen molar-refractivity contribution in [3.8, 4) is 5.75 Å². The maximum atomic E-state index is 13.1. The number of nitrogens with one attached hydrogen (secondary N) is 1. The summed E-state index contributed by atoms with van der Waals surface area (Å²) >= 11 is 0. The minimum absolute atomic E-state index is 0.0425. The van der Waals surface area contributed by atoms with Gasteiger partial charge in [-0.2, -0.15) is 0 Å². The number of pyridine rings is 1. The van der Waals surface area contributed by atoms with Gasteiger partial charge in [-0.05, 0) is 81.3 Å². The summed E-state index contributed by atoms with van der Waals surface area (Å²) in [5.41, 5.74) is 4.01. The number of aliphatic hydroxyl groups is 1. The molecule has 0 amide bonds. The molecule has 2 aromatic heterocycles. The van der Waals surface area contributed by atoms with Gasteiger partial charge < -0.3 is 24.5 Å².